The largest absolute Gasteiger partial charge is 0.339 e. The molecule has 0 radical (unpaired) electrons. The maximum absolute atomic E-state index is 15.2. The highest BCUT2D eigenvalue weighted by atomic mass is 79.9. The molecule has 4 aliphatic rings. The molecule has 4 aromatic carbocycles. The molecule has 0 saturated carbocycles. The van der Waals surface area contributed by atoms with Gasteiger partial charge in [0.1, 0.15) is 11.6 Å². The van der Waals surface area contributed by atoms with Crippen LogP contribution in [-0.2, 0) is 47.6 Å². The average Bonchev–Trinajstić information content (AvgIpc) is 4.25. The summed E-state index contributed by atoms with van der Waals surface area (Å²) < 4.78 is 34.1. The quantitative estimate of drug-likeness (QED) is 0.156. The molecule has 69 heavy (non-hydrogen) atoms. The zero-order chi connectivity index (χ0) is 47.7. The molecule has 2 unspecified atom stereocenters. The van der Waals surface area contributed by atoms with Gasteiger partial charge in [-0.25, -0.2) is 28.7 Å². The van der Waals surface area contributed by atoms with E-state index in [1.807, 2.05) is 87.2 Å². The first-order valence-corrected chi connectivity index (χ1v) is 23.4. The van der Waals surface area contributed by atoms with E-state index in [9.17, 15) is 14.0 Å². The number of rotatable bonds is 7. The number of fused-ring (bicyclic) bond motifs is 4. The van der Waals surface area contributed by atoms with Crippen LogP contribution in [0.25, 0.3) is 22.3 Å². The van der Waals surface area contributed by atoms with Gasteiger partial charge in [0, 0.05) is 105 Å². The zero-order valence-electron chi connectivity index (χ0n) is 37.9. The van der Waals surface area contributed by atoms with Gasteiger partial charge in [0.25, 0.3) is 0 Å². The highest BCUT2D eigenvalue weighted by molar-refractivity contribution is 9.10. The third kappa shape index (κ3) is 8.67. The van der Waals surface area contributed by atoms with Crippen molar-refractivity contribution in [3.8, 4) is 22.3 Å². The Morgan fingerprint density at radius 1 is 0.623 bits per heavy atom. The Hall–Kier alpha value is -7.50. The summed E-state index contributed by atoms with van der Waals surface area (Å²) >= 11 is 3.09. The summed E-state index contributed by atoms with van der Waals surface area (Å²) in [6.45, 7) is 3.07. The van der Waals surface area contributed by atoms with Gasteiger partial charge in [0.05, 0.1) is 36.3 Å². The molecule has 17 heteroatoms. The van der Waals surface area contributed by atoms with Crippen LogP contribution in [0.4, 0.5) is 26.1 Å². The minimum Gasteiger partial charge on any atom is -0.339 e. The number of para-hydroxylation sites is 2. The molecule has 14 nitrogen and oxygen atoms in total. The number of nitrogens with one attached hydrogen (secondary N) is 1. The van der Waals surface area contributed by atoms with E-state index in [-0.39, 0.29) is 36.5 Å². The SMILES string of the molecule is Brc1ncccn1.Cn1cc(-c2ccc(CN3C(=O)C4(CCN(c5ncccn5)C4)c4ccccc43)c(F)c2)cn1.Cn1cc(-c2ccc(CN3C(=O)C4(CCNC4)c4ccccc43)c(F)c2)cn1. The number of hydrogen-bond acceptors (Lipinski definition) is 10. The number of halogens is 3. The van der Waals surface area contributed by atoms with Crippen molar-refractivity contribution in [3.05, 3.63) is 185 Å². The van der Waals surface area contributed by atoms with Crippen LogP contribution in [0.5, 0.6) is 0 Å². The van der Waals surface area contributed by atoms with Crippen LogP contribution < -0.4 is 20.0 Å². The van der Waals surface area contributed by atoms with Crippen LogP contribution in [0.3, 0.4) is 0 Å². The van der Waals surface area contributed by atoms with Gasteiger partial charge in [0.15, 0.2) is 4.73 Å². The zero-order valence-corrected chi connectivity index (χ0v) is 39.5. The van der Waals surface area contributed by atoms with Crippen LogP contribution in [-0.4, -0.2) is 77.5 Å². The Bertz CT molecular complexity index is 3160. The summed E-state index contributed by atoms with van der Waals surface area (Å²) in [5.41, 5.74) is 6.84. The first-order chi connectivity index (χ1) is 33.5. The second kappa shape index (κ2) is 18.9. The van der Waals surface area contributed by atoms with E-state index < -0.39 is 10.8 Å². The number of amides is 2. The Balaban J connectivity index is 0.000000142. The number of benzene rings is 4. The number of hydrogen-bond donors (Lipinski definition) is 1. The lowest BCUT2D eigenvalue weighted by atomic mass is 9.81. The van der Waals surface area contributed by atoms with Crippen LogP contribution in [0.15, 0.2) is 151 Å². The average molecular weight is 990 g/mol. The minimum atomic E-state index is -0.679. The number of carbonyl (C=O) groups is 2. The van der Waals surface area contributed by atoms with Crippen LogP contribution in [0, 0.1) is 11.6 Å². The van der Waals surface area contributed by atoms with E-state index >= 15 is 4.39 Å². The maximum atomic E-state index is 15.2. The lowest BCUT2D eigenvalue weighted by Crippen LogP contribution is -2.42. The van der Waals surface area contributed by atoms with Gasteiger partial charge in [-0.3, -0.25) is 19.0 Å². The molecular formula is C52H47BrF2N12O2. The summed E-state index contributed by atoms with van der Waals surface area (Å²) in [6.07, 6.45) is 15.3. The second-order valence-electron chi connectivity index (χ2n) is 17.6. The monoisotopic (exact) mass is 988 g/mol. The predicted octanol–water partition coefficient (Wildman–Crippen LogP) is 7.95. The maximum Gasteiger partial charge on any atom is 0.239 e. The molecule has 12 rings (SSSR count). The molecule has 2 fully saturated rings. The minimum absolute atomic E-state index is 0.00265. The Morgan fingerprint density at radius 2 is 1.13 bits per heavy atom. The van der Waals surface area contributed by atoms with E-state index in [4.69, 9.17) is 0 Å². The molecule has 348 valence electrons. The van der Waals surface area contributed by atoms with Crippen LogP contribution in [0.2, 0.25) is 0 Å². The van der Waals surface area contributed by atoms with Crippen molar-refractivity contribution in [2.75, 3.05) is 40.9 Å². The van der Waals surface area contributed by atoms with E-state index in [1.165, 1.54) is 12.1 Å². The summed E-state index contributed by atoms with van der Waals surface area (Å²) in [4.78, 5) is 49.1. The number of carbonyl (C=O) groups excluding carboxylic acids is 2. The third-order valence-corrected chi connectivity index (χ3v) is 13.8. The molecule has 0 bridgehead atoms. The summed E-state index contributed by atoms with van der Waals surface area (Å²) in [6, 6.07) is 29.6. The molecule has 2 atom stereocenters. The first-order valence-electron chi connectivity index (χ1n) is 22.6. The topological polar surface area (TPSA) is 143 Å². The van der Waals surface area contributed by atoms with E-state index in [0.717, 1.165) is 57.7 Å². The smallest absolute Gasteiger partial charge is 0.239 e. The molecule has 0 aliphatic carbocycles. The molecule has 2 spiro atoms. The predicted molar refractivity (Wildman–Crippen MR) is 262 cm³/mol. The molecule has 2 saturated heterocycles. The van der Waals surface area contributed by atoms with E-state index in [2.05, 4.69) is 56.3 Å². The summed E-state index contributed by atoms with van der Waals surface area (Å²) in [7, 11) is 3.66. The van der Waals surface area contributed by atoms with Crippen molar-refractivity contribution < 1.29 is 18.4 Å². The number of anilines is 3. The molecular weight excluding hydrogens is 943 g/mol. The van der Waals surface area contributed by atoms with Gasteiger partial charge in [-0.2, -0.15) is 10.2 Å². The van der Waals surface area contributed by atoms with Crippen LogP contribution in [0.1, 0.15) is 35.1 Å². The van der Waals surface area contributed by atoms with Gasteiger partial charge in [-0.1, -0.05) is 60.7 Å². The fourth-order valence-electron chi connectivity index (χ4n) is 9.91. The molecule has 1 N–H and O–H groups in total. The first kappa shape index (κ1) is 45.3. The summed E-state index contributed by atoms with van der Waals surface area (Å²) in [5.74, 6) is 0.0490. The Morgan fingerprint density at radius 3 is 1.59 bits per heavy atom. The molecule has 4 aliphatic heterocycles. The highest BCUT2D eigenvalue weighted by Gasteiger charge is 2.55. The molecule has 8 heterocycles. The van der Waals surface area contributed by atoms with Crippen LogP contribution >= 0.6 is 15.9 Å². The standard InChI is InChI=1S/C26H23FN6O.C22H21FN4O.C4H3BrN2/c1-31-15-20(14-30-31)18-7-8-19(22(27)13-18)16-33-23-6-3-2-5-21(23)26(24(33)34)9-12-32(17-26)25-28-10-4-11-29-25;1-26-12-17(11-25-26)15-6-7-16(19(23)10-15)13-27-20-5-3-2-4-18(20)22(21(27)28)8-9-24-14-22;5-4-6-2-1-3-7-4/h2-8,10-11,13-15H,9,12,16-17H2,1H3;2-7,10-12,24H,8-9,13-14H2,1H3;1-3H. The van der Waals surface area contributed by atoms with E-state index in [0.29, 0.717) is 47.9 Å². The normalized spacial score (nSPS) is 18.9. The molecule has 4 aromatic heterocycles. The van der Waals surface area contributed by atoms with Crippen molar-refractivity contribution in [2.24, 2.45) is 14.1 Å². The molecule has 2 amide bonds. The van der Waals surface area contributed by atoms with Crippen molar-refractivity contribution >= 4 is 45.1 Å². The lowest BCUT2D eigenvalue weighted by Gasteiger charge is -2.24. The molecule has 8 aromatic rings. The fourth-order valence-corrected chi connectivity index (χ4v) is 10.1. The third-order valence-electron chi connectivity index (χ3n) is 13.4. The van der Waals surface area contributed by atoms with Gasteiger partial charge in [-0.15, -0.1) is 0 Å². The van der Waals surface area contributed by atoms with Crippen molar-refractivity contribution in [1.29, 1.82) is 0 Å². The lowest BCUT2D eigenvalue weighted by molar-refractivity contribution is -0.123. The Labute approximate surface area is 405 Å². The highest BCUT2D eigenvalue weighted by Crippen LogP contribution is 2.49. The van der Waals surface area contributed by atoms with Crippen molar-refractivity contribution in [2.45, 2.75) is 36.8 Å². The number of aromatic nitrogens is 8. The van der Waals surface area contributed by atoms with Gasteiger partial charge < -0.3 is 20.0 Å². The second-order valence-corrected chi connectivity index (χ2v) is 18.3. The Kier molecular flexibility index (Phi) is 12.4. The fraction of sp³-hybridized carbons (Fsp3) is 0.231. The van der Waals surface area contributed by atoms with Gasteiger partial charge in [0.2, 0.25) is 17.8 Å². The van der Waals surface area contributed by atoms with E-state index in [1.54, 1.807) is 80.6 Å². The van der Waals surface area contributed by atoms with Crippen molar-refractivity contribution in [3.63, 3.8) is 0 Å². The van der Waals surface area contributed by atoms with Crippen molar-refractivity contribution in [1.82, 2.24) is 44.8 Å². The summed E-state index contributed by atoms with van der Waals surface area (Å²) in [5, 5.41) is 11.6. The number of aryl methyl sites for hydroxylation is 2. The number of nitrogens with zero attached hydrogens (tertiary/aromatic N) is 11. The van der Waals surface area contributed by atoms with Gasteiger partial charge in [-0.05, 0) is 94.0 Å². The van der Waals surface area contributed by atoms with Gasteiger partial charge >= 0.3 is 0 Å².